The molecule has 0 aliphatic heterocycles. The van der Waals surface area contributed by atoms with Gasteiger partial charge in [0.2, 0.25) is 0 Å². The second kappa shape index (κ2) is 6.76. The lowest BCUT2D eigenvalue weighted by Crippen LogP contribution is -2.30. The maximum absolute atomic E-state index is 6.11. The van der Waals surface area contributed by atoms with Crippen LogP contribution in [0.5, 0.6) is 0 Å². The molecule has 0 spiro atoms. The van der Waals surface area contributed by atoms with E-state index in [1.165, 1.54) is 0 Å². The molecular weight excluding hydrogens is 395 g/mol. The molecule has 0 aromatic carbocycles. The minimum atomic E-state index is -0.137. The zero-order chi connectivity index (χ0) is 13.8. The standard InChI is InChI=1S/C12H11Br2ClN4/c13-8-4-9(14)12(18-5-8)11(19-16)3-7-1-2-17-6-10(7)15/h1-2,4-6,11,19H,3,16H2. The smallest absolute Gasteiger partial charge is 0.0732 e. The van der Waals surface area contributed by atoms with Crippen LogP contribution in [0.1, 0.15) is 17.3 Å². The normalized spacial score (nSPS) is 12.4. The molecule has 1 atom stereocenters. The summed E-state index contributed by atoms with van der Waals surface area (Å²) in [6.45, 7) is 0. The largest absolute Gasteiger partial charge is 0.271 e. The van der Waals surface area contributed by atoms with Crippen LogP contribution in [0.25, 0.3) is 0 Å². The highest BCUT2D eigenvalue weighted by Crippen LogP contribution is 2.27. The molecule has 0 aliphatic carbocycles. The molecule has 0 fully saturated rings. The molecule has 2 heterocycles. The van der Waals surface area contributed by atoms with Gasteiger partial charge in [-0.15, -0.1) is 0 Å². The topological polar surface area (TPSA) is 63.8 Å². The van der Waals surface area contributed by atoms with E-state index in [4.69, 9.17) is 17.4 Å². The third-order valence-corrected chi connectivity index (χ3v) is 4.06. The predicted octanol–water partition coefficient (Wildman–Crippen LogP) is 3.40. The number of hydrogen-bond donors (Lipinski definition) is 2. The Hall–Kier alpha value is -0.530. The first-order valence-electron chi connectivity index (χ1n) is 5.47. The van der Waals surface area contributed by atoms with Crippen molar-refractivity contribution in [2.75, 3.05) is 0 Å². The first-order chi connectivity index (χ1) is 9.11. The molecule has 0 amide bonds. The Kier molecular flexibility index (Phi) is 5.29. The summed E-state index contributed by atoms with van der Waals surface area (Å²) in [5, 5.41) is 0.621. The molecule has 0 bridgehead atoms. The maximum atomic E-state index is 6.11. The van der Waals surface area contributed by atoms with Crippen LogP contribution < -0.4 is 11.3 Å². The zero-order valence-corrected chi connectivity index (χ0v) is 13.7. The van der Waals surface area contributed by atoms with E-state index in [0.717, 1.165) is 20.2 Å². The van der Waals surface area contributed by atoms with Gasteiger partial charge in [-0.3, -0.25) is 21.2 Å². The van der Waals surface area contributed by atoms with E-state index in [1.807, 2.05) is 12.1 Å². The summed E-state index contributed by atoms with van der Waals surface area (Å²) in [5.41, 5.74) is 4.57. The molecule has 1 unspecified atom stereocenters. The fourth-order valence-corrected chi connectivity index (χ4v) is 3.17. The molecular formula is C12H11Br2ClN4. The monoisotopic (exact) mass is 404 g/mol. The molecule has 2 aromatic rings. The maximum Gasteiger partial charge on any atom is 0.0732 e. The van der Waals surface area contributed by atoms with Crippen molar-refractivity contribution in [3.63, 3.8) is 0 Å². The lowest BCUT2D eigenvalue weighted by Gasteiger charge is -2.17. The molecule has 0 radical (unpaired) electrons. The van der Waals surface area contributed by atoms with Crippen molar-refractivity contribution >= 4 is 43.5 Å². The van der Waals surface area contributed by atoms with Crippen molar-refractivity contribution in [2.24, 2.45) is 5.84 Å². The van der Waals surface area contributed by atoms with E-state index in [-0.39, 0.29) is 6.04 Å². The molecule has 0 saturated heterocycles. The summed E-state index contributed by atoms with van der Waals surface area (Å²) >= 11 is 13.0. The quantitative estimate of drug-likeness (QED) is 0.603. The van der Waals surface area contributed by atoms with E-state index < -0.39 is 0 Å². The van der Waals surface area contributed by atoms with Gasteiger partial charge in [0.05, 0.1) is 16.8 Å². The van der Waals surface area contributed by atoms with Crippen LogP contribution in [0, 0.1) is 0 Å². The second-order valence-electron chi connectivity index (χ2n) is 3.91. The predicted molar refractivity (Wildman–Crippen MR) is 82.7 cm³/mol. The van der Waals surface area contributed by atoms with Crippen molar-refractivity contribution in [1.82, 2.24) is 15.4 Å². The van der Waals surface area contributed by atoms with Gasteiger partial charge < -0.3 is 0 Å². The minimum absolute atomic E-state index is 0.137. The average Bonchev–Trinajstić information content (AvgIpc) is 2.39. The number of pyridine rings is 2. The van der Waals surface area contributed by atoms with Crippen molar-refractivity contribution in [2.45, 2.75) is 12.5 Å². The third kappa shape index (κ3) is 3.73. The lowest BCUT2D eigenvalue weighted by atomic mass is 10.0. The van der Waals surface area contributed by atoms with Crippen LogP contribution >= 0.6 is 43.5 Å². The fourth-order valence-electron chi connectivity index (χ4n) is 1.71. The molecule has 2 rings (SSSR count). The van der Waals surface area contributed by atoms with Gasteiger partial charge in [-0.05, 0) is 56.0 Å². The highest BCUT2D eigenvalue weighted by Gasteiger charge is 2.17. The SMILES string of the molecule is NNC(Cc1ccncc1Cl)c1ncc(Br)cc1Br. The summed E-state index contributed by atoms with van der Waals surface area (Å²) in [6.07, 6.45) is 5.69. The number of aromatic nitrogens is 2. The van der Waals surface area contributed by atoms with Gasteiger partial charge >= 0.3 is 0 Å². The molecule has 0 aliphatic rings. The third-order valence-electron chi connectivity index (χ3n) is 2.65. The van der Waals surface area contributed by atoms with Crippen molar-refractivity contribution in [1.29, 1.82) is 0 Å². The summed E-state index contributed by atoms with van der Waals surface area (Å²) in [4.78, 5) is 8.35. The number of nitrogens with one attached hydrogen (secondary N) is 1. The Balaban J connectivity index is 2.28. The first-order valence-corrected chi connectivity index (χ1v) is 7.43. The highest BCUT2D eigenvalue weighted by molar-refractivity contribution is 9.11. The van der Waals surface area contributed by atoms with Gasteiger partial charge in [0, 0.05) is 27.5 Å². The van der Waals surface area contributed by atoms with Crippen LogP contribution in [0.3, 0.4) is 0 Å². The number of rotatable bonds is 4. The molecule has 7 heteroatoms. The van der Waals surface area contributed by atoms with Crippen molar-refractivity contribution in [3.8, 4) is 0 Å². The van der Waals surface area contributed by atoms with Gasteiger partial charge in [0.25, 0.3) is 0 Å². The van der Waals surface area contributed by atoms with Crippen LogP contribution in [-0.4, -0.2) is 9.97 Å². The first kappa shape index (κ1) is 14.9. The van der Waals surface area contributed by atoms with E-state index in [2.05, 4.69) is 47.3 Å². The number of hydrazine groups is 1. The molecule has 2 aromatic heterocycles. The van der Waals surface area contributed by atoms with Crippen LogP contribution in [0.2, 0.25) is 5.02 Å². The summed E-state index contributed by atoms with van der Waals surface area (Å²) in [7, 11) is 0. The molecule has 4 nitrogen and oxygen atoms in total. The van der Waals surface area contributed by atoms with E-state index in [9.17, 15) is 0 Å². The highest BCUT2D eigenvalue weighted by atomic mass is 79.9. The van der Waals surface area contributed by atoms with Gasteiger partial charge in [0.1, 0.15) is 0 Å². The van der Waals surface area contributed by atoms with Gasteiger partial charge in [-0.25, -0.2) is 0 Å². The van der Waals surface area contributed by atoms with E-state index in [1.54, 1.807) is 18.6 Å². The number of nitrogens with zero attached hydrogens (tertiary/aromatic N) is 2. The number of nitrogens with two attached hydrogens (primary N) is 1. The average molecular weight is 407 g/mol. The van der Waals surface area contributed by atoms with Crippen molar-refractivity contribution < 1.29 is 0 Å². The Labute approximate surface area is 133 Å². The second-order valence-corrected chi connectivity index (χ2v) is 6.09. The lowest BCUT2D eigenvalue weighted by molar-refractivity contribution is 0.536. The fraction of sp³-hybridized carbons (Fsp3) is 0.167. The molecule has 19 heavy (non-hydrogen) atoms. The van der Waals surface area contributed by atoms with Crippen LogP contribution in [0.4, 0.5) is 0 Å². The zero-order valence-electron chi connectivity index (χ0n) is 9.78. The molecule has 3 N–H and O–H groups in total. The Bertz CT molecular complexity index is 579. The van der Waals surface area contributed by atoms with Crippen LogP contribution in [-0.2, 0) is 6.42 Å². The Morgan fingerprint density at radius 2 is 2.16 bits per heavy atom. The van der Waals surface area contributed by atoms with Gasteiger partial charge in [-0.1, -0.05) is 11.6 Å². The van der Waals surface area contributed by atoms with Gasteiger partial charge in [0.15, 0.2) is 0 Å². The summed E-state index contributed by atoms with van der Waals surface area (Å²) < 4.78 is 1.79. The summed E-state index contributed by atoms with van der Waals surface area (Å²) in [5.74, 6) is 5.63. The number of hydrogen-bond acceptors (Lipinski definition) is 4. The summed E-state index contributed by atoms with van der Waals surface area (Å²) in [6, 6.07) is 3.67. The Morgan fingerprint density at radius 1 is 1.37 bits per heavy atom. The number of halogens is 3. The van der Waals surface area contributed by atoms with Crippen molar-refractivity contribution in [3.05, 3.63) is 55.9 Å². The molecule has 0 saturated carbocycles. The van der Waals surface area contributed by atoms with Crippen LogP contribution in [0.15, 0.2) is 39.7 Å². The Morgan fingerprint density at radius 3 is 2.79 bits per heavy atom. The minimum Gasteiger partial charge on any atom is -0.271 e. The van der Waals surface area contributed by atoms with E-state index >= 15 is 0 Å². The van der Waals surface area contributed by atoms with Gasteiger partial charge in [-0.2, -0.15) is 0 Å². The van der Waals surface area contributed by atoms with E-state index in [0.29, 0.717) is 11.4 Å². The molecule has 100 valence electrons.